The lowest BCUT2D eigenvalue weighted by Crippen LogP contribution is -2.58. The largest absolute Gasteiger partial charge is 0.391 e. The average molecular weight is 254 g/mol. The molecule has 1 saturated carbocycles. The van der Waals surface area contributed by atoms with Crippen LogP contribution < -0.4 is 5.32 Å². The number of aliphatic hydroxyl groups excluding tert-OH is 1. The molecule has 0 aromatic heterocycles. The molecule has 4 heteroatoms. The Bertz CT molecular complexity index is 300. The number of nitrogens with zero attached hydrogens (tertiary/aromatic N) is 1. The predicted molar refractivity (Wildman–Crippen MR) is 71.3 cm³/mol. The summed E-state index contributed by atoms with van der Waals surface area (Å²) < 4.78 is 0. The van der Waals surface area contributed by atoms with Crippen LogP contribution in [0.4, 0.5) is 0 Å². The first-order chi connectivity index (χ1) is 8.60. The fourth-order valence-electron chi connectivity index (χ4n) is 3.47. The van der Waals surface area contributed by atoms with Gasteiger partial charge in [-0.05, 0) is 38.6 Å². The Hall–Kier alpha value is -0.610. The highest BCUT2D eigenvalue weighted by Crippen LogP contribution is 2.29. The summed E-state index contributed by atoms with van der Waals surface area (Å²) in [6, 6.07) is 0.0112. The van der Waals surface area contributed by atoms with E-state index in [1.807, 2.05) is 11.9 Å². The van der Waals surface area contributed by atoms with Gasteiger partial charge in [0.2, 0.25) is 5.91 Å². The second-order valence-electron chi connectivity index (χ2n) is 5.80. The van der Waals surface area contributed by atoms with E-state index < -0.39 is 0 Å². The van der Waals surface area contributed by atoms with Gasteiger partial charge in [-0.25, -0.2) is 0 Å². The van der Waals surface area contributed by atoms with Crippen LogP contribution in [-0.4, -0.2) is 47.2 Å². The molecule has 104 valence electrons. The van der Waals surface area contributed by atoms with Gasteiger partial charge < -0.3 is 15.3 Å². The highest BCUT2D eigenvalue weighted by molar-refractivity contribution is 5.86. The molecule has 0 radical (unpaired) electrons. The highest BCUT2D eigenvalue weighted by Gasteiger charge is 2.43. The maximum atomic E-state index is 12.7. The topological polar surface area (TPSA) is 52.6 Å². The summed E-state index contributed by atoms with van der Waals surface area (Å²) in [5, 5.41) is 13.5. The van der Waals surface area contributed by atoms with Crippen molar-refractivity contribution >= 4 is 5.91 Å². The second-order valence-corrected chi connectivity index (χ2v) is 5.80. The van der Waals surface area contributed by atoms with Crippen molar-refractivity contribution in [2.75, 3.05) is 13.6 Å². The number of nitrogens with one attached hydrogen (secondary N) is 1. The standard InChI is InChI=1S/C14H26N2O2/c1-3-14(9-6-10-15-14)13(18)16(2)11-7-4-5-8-12(11)17/h11-12,15,17H,3-10H2,1-2H3. The lowest BCUT2D eigenvalue weighted by Gasteiger charge is -2.40. The molecule has 1 aliphatic heterocycles. The molecule has 1 amide bonds. The Balaban J connectivity index is 2.07. The Morgan fingerprint density at radius 2 is 2.11 bits per heavy atom. The number of rotatable bonds is 3. The van der Waals surface area contributed by atoms with Crippen molar-refractivity contribution in [2.24, 2.45) is 0 Å². The van der Waals surface area contributed by atoms with Crippen molar-refractivity contribution < 1.29 is 9.90 Å². The first-order valence-corrected chi connectivity index (χ1v) is 7.31. The lowest BCUT2D eigenvalue weighted by atomic mass is 9.88. The van der Waals surface area contributed by atoms with E-state index in [1.165, 1.54) is 0 Å². The Labute approximate surface area is 110 Å². The Morgan fingerprint density at radius 3 is 2.67 bits per heavy atom. The summed E-state index contributed by atoms with van der Waals surface area (Å²) in [4.78, 5) is 14.5. The average Bonchev–Trinajstić information content (AvgIpc) is 2.87. The Morgan fingerprint density at radius 1 is 1.39 bits per heavy atom. The van der Waals surface area contributed by atoms with Crippen molar-refractivity contribution in [1.82, 2.24) is 10.2 Å². The molecule has 1 heterocycles. The molecule has 2 rings (SSSR count). The third kappa shape index (κ3) is 2.41. The third-order valence-corrected chi connectivity index (χ3v) is 4.77. The molecule has 0 aromatic rings. The van der Waals surface area contributed by atoms with Gasteiger partial charge in [0, 0.05) is 7.05 Å². The molecule has 4 nitrogen and oxygen atoms in total. The number of amides is 1. The van der Waals surface area contributed by atoms with Crippen molar-refractivity contribution in [1.29, 1.82) is 0 Å². The van der Waals surface area contributed by atoms with Crippen LogP contribution in [0.3, 0.4) is 0 Å². The molecule has 0 bridgehead atoms. The zero-order valence-electron chi connectivity index (χ0n) is 11.6. The minimum Gasteiger partial charge on any atom is -0.391 e. The smallest absolute Gasteiger partial charge is 0.242 e. The first-order valence-electron chi connectivity index (χ1n) is 7.31. The van der Waals surface area contributed by atoms with Crippen molar-refractivity contribution in [2.45, 2.75) is 69.6 Å². The highest BCUT2D eigenvalue weighted by atomic mass is 16.3. The van der Waals surface area contributed by atoms with Crippen LogP contribution >= 0.6 is 0 Å². The summed E-state index contributed by atoms with van der Waals surface area (Å²) in [6.45, 7) is 3.00. The second kappa shape index (κ2) is 5.57. The molecule has 1 saturated heterocycles. The molecular weight excluding hydrogens is 228 g/mol. The molecule has 2 fully saturated rings. The van der Waals surface area contributed by atoms with Gasteiger partial charge in [-0.2, -0.15) is 0 Å². The van der Waals surface area contributed by atoms with Crippen molar-refractivity contribution in [3.05, 3.63) is 0 Å². The van der Waals surface area contributed by atoms with Crippen molar-refractivity contribution in [3.8, 4) is 0 Å². The van der Waals surface area contributed by atoms with Crippen LogP contribution in [0.5, 0.6) is 0 Å². The van der Waals surface area contributed by atoms with Gasteiger partial charge in [0.25, 0.3) is 0 Å². The summed E-state index contributed by atoms with van der Waals surface area (Å²) in [6.07, 6.45) is 6.44. The number of aliphatic hydroxyl groups is 1. The quantitative estimate of drug-likeness (QED) is 0.798. The predicted octanol–water partition coefficient (Wildman–Crippen LogP) is 1.28. The number of hydrogen-bond acceptors (Lipinski definition) is 3. The minimum atomic E-state index is -0.369. The fraction of sp³-hybridized carbons (Fsp3) is 0.929. The van der Waals surface area contributed by atoms with Gasteiger partial charge in [-0.1, -0.05) is 19.8 Å². The summed E-state index contributed by atoms with van der Waals surface area (Å²) in [5.41, 5.74) is -0.369. The first kappa shape index (κ1) is 13.8. The van der Waals surface area contributed by atoms with Gasteiger partial charge in [-0.15, -0.1) is 0 Å². The zero-order chi connectivity index (χ0) is 13.2. The van der Waals surface area contributed by atoms with Crippen LogP contribution in [0, 0.1) is 0 Å². The van der Waals surface area contributed by atoms with Gasteiger partial charge in [0.1, 0.15) is 0 Å². The zero-order valence-corrected chi connectivity index (χ0v) is 11.6. The SMILES string of the molecule is CCC1(C(=O)N(C)C2CCCCC2O)CCCN1. The van der Waals surface area contributed by atoms with Crippen LogP contribution in [0.2, 0.25) is 0 Å². The molecular formula is C14H26N2O2. The molecule has 0 aromatic carbocycles. The van der Waals surface area contributed by atoms with E-state index in [0.29, 0.717) is 0 Å². The Kier molecular flexibility index (Phi) is 4.28. The molecule has 2 N–H and O–H groups in total. The van der Waals surface area contributed by atoms with Crippen LogP contribution in [0.25, 0.3) is 0 Å². The van der Waals surface area contributed by atoms with Crippen molar-refractivity contribution in [3.63, 3.8) is 0 Å². The summed E-state index contributed by atoms with van der Waals surface area (Å²) in [5.74, 6) is 0.174. The van der Waals surface area contributed by atoms with E-state index in [-0.39, 0.29) is 23.6 Å². The van der Waals surface area contributed by atoms with Crippen LogP contribution in [-0.2, 0) is 4.79 Å². The third-order valence-electron chi connectivity index (χ3n) is 4.77. The van der Waals surface area contributed by atoms with E-state index >= 15 is 0 Å². The van der Waals surface area contributed by atoms with Gasteiger partial charge in [0.15, 0.2) is 0 Å². The number of hydrogen-bond donors (Lipinski definition) is 2. The number of carbonyl (C=O) groups is 1. The van der Waals surface area contributed by atoms with E-state index in [1.54, 1.807) is 0 Å². The van der Waals surface area contributed by atoms with Crippen LogP contribution in [0.1, 0.15) is 51.9 Å². The summed E-state index contributed by atoms with van der Waals surface area (Å²) in [7, 11) is 1.86. The van der Waals surface area contributed by atoms with Gasteiger partial charge >= 0.3 is 0 Å². The van der Waals surface area contributed by atoms with E-state index in [9.17, 15) is 9.90 Å². The minimum absolute atomic E-state index is 0.0112. The van der Waals surface area contributed by atoms with Crippen LogP contribution in [0.15, 0.2) is 0 Å². The maximum absolute atomic E-state index is 12.7. The number of carbonyl (C=O) groups excluding carboxylic acids is 1. The van der Waals surface area contributed by atoms with Gasteiger partial charge in [0.05, 0.1) is 17.7 Å². The van der Waals surface area contributed by atoms with E-state index in [0.717, 1.165) is 51.5 Å². The van der Waals surface area contributed by atoms with E-state index in [2.05, 4.69) is 12.2 Å². The molecule has 3 unspecified atom stereocenters. The van der Waals surface area contributed by atoms with E-state index in [4.69, 9.17) is 0 Å². The molecule has 1 aliphatic carbocycles. The molecule has 0 spiro atoms. The molecule has 18 heavy (non-hydrogen) atoms. The molecule has 3 atom stereocenters. The normalized spacial score (nSPS) is 36.6. The number of likely N-dealkylation sites (N-methyl/N-ethyl adjacent to an activating group) is 1. The molecule has 2 aliphatic rings. The van der Waals surface area contributed by atoms with Gasteiger partial charge in [-0.3, -0.25) is 4.79 Å². The lowest BCUT2D eigenvalue weighted by molar-refractivity contribution is -0.142. The monoisotopic (exact) mass is 254 g/mol. The summed E-state index contributed by atoms with van der Waals surface area (Å²) >= 11 is 0. The fourth-order valence-corrected chi connectivity index (χ4v) is 3.47. The maximum Gasteiger partial charge on any atom is 0.242 e.